The average molecular weight is 243 g/mol. The lowest BCUT2D eigenvalue weighted by atomic mass is 9.96. The van der Waals surface area contributed by atoms with Gasteiger partial charge in [-0.3, -0.25) is 9.69 Å². The van der Waals surface area contributed by atoms with Gasteiger partial charge in [0.15, 0.2) is 0 Å². The Morgan fingerprint density at radius 2 is 2.06 bits per heavy atom. The van der Waals surface area contributed by atoms with E-state index in [0.29, 0.717) is 13.2 Å². The third kappa shape index (κ3) is 3.68. The number of hydrogen-bond donors (Lipinski definition) is 1. The second kappa shape index (κ2) is 6.36. The molecule has 1 rings (SSSR count). The molecule has 1 N–H and O–H groups in total. The highest BCUT2D eigenvalue weighted by Crippen LogP contribution is 2.24. The van der Waals surface area contributed by atoms with E-state index in [2.05, 4.69) is 4.90 Å². The molecule has 0 radical (unpaired) electrons. The van der Waals surface area contributed by atoms with Gasteiger partial charge in [-0.25, -0.2) is 0 Å². The topological polar surface area (TPSA) is 49.8 Å². The molecule has 0 aromatic carbocycles. The molecule has 1 aliphatic heterocycles. The van der Waals surface area contributed by atoms with Crippen LogP contribution in [-0.2, 0) is 9.53 Å². The molecule has 1 saturated heterocycles. The molecule has 1 heterocycles. The van der Waals surface area contributed by atoms with Crippen molar-refractivity contribution in [3.63, 3.8) is 0 Å². The molecule has 1 aliphatic rings. The van der Waals surface area contributed by atoms with Crippen molar-refractivity contribution in [2.75, 3.05) is 19.7 Å². The van der Waals surface area contributed by atoms with Gasteiger partial charge in [-0.1, -0.05) is 13.8 Å². The van der Waals surface area contributed by atoms with E-state index < -0.39 is 5.60 Å². The molecule has 0 amide bonds. The maximum absolute atomic E-state index is 11.8. The van der Waals surface area contributed by atoms with Crippen molar-refractivity contribution in [1.82, 2.24) is 4.90 Å². The van der Waals surface area contributed by atoms with Gasteiger partial charge < -0.3 is 9.84 Å². The predicted molar refractivity (Wildman–Crippen MR) is 66.8 cm³/mol. The van der Waals surface area contributed by atoms with E-state index in [4.69, 9.17) is 4.74 Å². The summed E-state index contributed by atoms with van der Waals surface area (Å²) in [5.41, 5.74) is -0.672. The average Bonchev–Trinajstić information content (AvgIpc) is 2.77. The van der Waals surface area contributed by atoms with Crippen LogP contribution < -0.4 is 0 Å². The van der Waals surface area contributed by atoms with E-state index in [9.17, 15) is 9.90 Å². The summed E-state index contributed by atoms with van der Waals surface area (Å²) in [5, 5.41) is 10.3. The van der Waals surface area contributed by atoms with Crippen LogP contribution in [0.2, 0.25) is 0 Å². The Kier molecular flexibility index (Phi) is 5.40. The lowest BCUT2D eigenvalue weighted by Gasteiger charge is -2.33. The Hall–Kier alpha value is -0.610. The molecule has 100 valence electrons. The summed E-state index contributed by atoms with van der Waals surface area (Å²) in [7, 11) is 0. The van der Waals surface area contributed by atoms with Crippen molar-refractivity contribution in [3.8, 4) is 0 Å². The highest BCUT2D eigenvalue weighted by Gasteiger charge is 2.36. The second-order valence-corrected chi connectivity index (χ2v) is 4.81. The molecule has 17 heavy (non-hydrogen) atoms. The molecule has 0 spiro atoms. The smallest absolute Gasteiger partial charge is 0.323 e. The summed E-state index contributed by atoms with van der Waals surface area (Å²) < 4.78 is 5.08. The van der Waals surface area contributed by atoms with Crippen molar-refractivity contribution >= 4 is 5.97 Å². The minimum atomic E-state index is -0.672. The standard InChI is InChI=1S/C13H25NO3/c1-4-13(16,5-2)10-14-9-7-8-11(14)12(15)17-6-3/h11,16H,4-10H2,1-3H3. The number of β-amino-alcohol motifs (C(OH)–C–C–N with tert-alkyl or cyclic N) is 1. The van der Waals surface area contributed by atoms with Crippen LogP contribution in [0.15, 0.2) is 0 Å². The number of esters is 1. The number of carbonyl (C=O) groups is 1. The highest BCUT2D eigenvalue weighted by atomic mass is 16.5. The maximum Gasteiger partial charge on any atom is 0.323 e. The van der Waals surface area contributed by atoms with Crippen LogP contribution in [0.4, 0.5) is 0 Å². The minimum absolute atomic E-state index is 0.139. The van der Waals surface area contributed by atoms with Gasteiger partial charge in [0.2, 0.25) is 0 Å². The fraction of sp³-hybridized carbons (Fsp3) is 0.923. The van der Waals surface area contributed by atoms with E-state index in [1.807, 2.05) is 20.8 Å². The van der Waals surface area contributed by atoms with Crippen LogP contribution >= 0.6 is 0 Å². The number of rotatable bonds is 6. The molecule has 1 atom stereocenters. The van der Waals surface area contributed by atoms with Crippen LogP contribution in [0.25, 0.3) is 0 Å². The molecule has 4 heteroatoms. The fourth-order valence-electron chi connectivity index (χ4n) is 2.37. The maximum atomic E-state index is 11.8. The molecule has 0 saturated carbocycles. The zero-order valence-electron chi connectivity index (χ0n) is 11.2. The van der Waals surface area contributed by atoms with Crippen LogP contribution in [0.5, 0.6) is 0 Å². The van der Waals surface area contributed by atoms with Gasteiger partial charge in [-0.2, -0.15) is 0 Å². The molecule has 0 bridgehead atoms. The van der Waals surface area contributed by atoms with Gasteiger partial charge in [0.1, 0.15) is 6.04 Å². The van der Waals surface area contributed by atoms with Gasteiger partial charge in [-0.05, 0) is 39.2 Å². The Morgan fingerprint density at radius 1 is 1.41 bits per heavy atom. The summed E-state index contributed by atoms with van der Waals surface area (Å²) in [4.78, 5) is 13.8. The number of nitrogens with zero attached hydrogens (tertiary/aromatic N) is 1. The van der Waals surface area contributed by atoms with Crippen molar-refractivity contribution in [1.29, 1.82) is 0 Å². The number of hydrogen-bond acceptors (Lipinski definition) is 4. The van der Waals surface area contributed by atoms with E-state index >= 15 is 0 Å². The SMILES string of the molecule is CCOC(=O)C1CCCN1CC(O)(CC)CC. The van der Waals surface area contributed by atoms with Gasteiger partial charge in [0, 0.05) is 6.54 Å². The first-order chi connectivity index (χ1) is 8.06. The quantitative estimate of drug-likeness (QED) is 0.719. The number of carbonyl (C=O) groups excluding carboxylic acids is 1. The van der Waals surface area contributed by atoms with Crippen LogP contribution in [0.3, 0.4) is 0 Å². The lowest BCUT2D eigenvalue weighted by Crippen LogP contribution is -2.47. The van der Waals surface area contributed by atoms with Gasteiger partial charge in [-0.15, -0.1) is 0 Å². The third-order valence-electron chi connectivity index (χ3n) is 3.74. The van der Waals surface area contributed by atoms with Crippen LogP contribution in [-0.4, -0.2) is 47.3 Å². The summed E-state index contributed by atoms with van der Waals surface area (Å²) >= 11 is 0. The van der Waals surface area contributed by atoms with E-state index in [1.165, 1.54) is 0 Å². The van der Waals surface area contributed by atoms with Gasteiger partial charge >= 0.3 is 5.97 Å². The van der Waals surface area contributed by atoms with E-state index in [0.717, 1.165) is 32.2 Å². The van der Waals surface area contributed by atoms with E-state index in [-0.39, 0.29) is 12.0 Å². The Balaban J connectivity index is 2.60. The third-order valence-corrected chi connectivity index (χ3v) is 3.74. The molecule has 0 aliphatic carbocycles. The first-order valence-corrected chi connectivity index (χ1v) is 6.69. The second-order valence-electron chi connectivity index (χ2n) is 4.81. The lowest BCUT2D eigenvalue weighted by molar-refractivity contribution is -0.149. The largest absolute Gasteiger partial charge is 0.465 e. The fourth-order valence-corrected chi connectivity index (χ4v) is 2.37. The van der Waals surface area contributed by atoms with Crippen molar-refractivity contribution in [2.24, 2.45) is 0 Å². The summed E-state index contributed by atoms with van der Waals surface area (Å²) in [6, 6.07) is -0.153. The van der Waals surface area contributed by atoms with Crippen molar-refractivity contribution in [2.45, 2.75) is 58.1 Å². The normalized spacial score (nSPS) is 21.8. The Bertz CT molecular complexity index is 251. The van der Waals surface area contributed by atoms with E-state index in [1.54, 1.807) is 0 Å². The van der Waals surface area contributed by atoms with Gasteiger partial charge in [0.05, 0.1) is 12.2 Å². The first kappa shape index (κ1) is 14.5. The van der Waals surface area contributed by atoms with Gasteiger partial charge in [0.25, 0.3) is 0 Å². The summed E-state index contributed by atoms with van der Waals surface area (Å²) in [6.07, 6.45) is 3.29. The molecular formula is C13H25NO3. The summed E-state index contributed by atoms with van der Waals surface area (Å²) in [5.74, 6) is -0.139. The Labute approximate surface area is 104 Å². The molecular weight excluding hydrogens is 218 g/mol. The molecule has 4 nitrogen and oxygen atoms in total. The molecule has 1 unspecified atom stereocenters. The monoisotopic (exact) mass is 243 g/mol. The highest BCUT2D eigenvalue weighted by molar-refractivity contribution is 5.76. The number of aliphatic hydroxyl groups is 1. The predicted octanol–water partition coefficient (Wildman–Crippen LogP) is 1.56. The van der Waals surface area contributed by atoms with Crippen LogP contribution in [0.1, 0.15) is 46.5 Å². The van der Waals surface area contributed by atoms with Crippen molar-refractivity contribution in [3.05, 3.63) is 0 Å². The zero-order valence-corrected chi connectivity index (χ0v) is 11.2. The minimum Gasteiger partial charge on any atom is -0.465 e. The molecule has 0 aromatic heterocycles. The first-order valence-electron chi connectivity index (χ1n) is 6.69. The molecule has 0 aromatic rings. The molecule has 1 fully saturated rings. The summed E-state index contributed by atoms with van der Waals surface area (Å²) in [6.45, 7) is 7.67. The number of ether oxygens (including phenoxy) is 1. The zero-order chi connectivity index (χ0) is 12.9. The number of likely N-dealkylation sites (tertiary alicyclic amines) is 1. The Morgan fingerprint density at radius 3 is 2.59 bits per heavy atom. The van der Waals surface area contributed by atoms with Crippen molar-refractivity contribution < 1.29 is 14.6 Å². The van der Waals surface area contributed by atoms with Crippen LogP contribution in [0, 0.1) is 0 Å².